The van der Waals surface area contributed by atoms with Crippen molar-refractivity contribution < 1.29 is 44.8 Å². The zero-order valence-corrected chi connectivity index (χ0v) is 8.56. The summed E-state index contributed by atoms with van der Waals surface area (Å²) in [6.45, 7) is 0. The van der Waals surface area contributed by atoms with Gasteiger partial charge in [0.25, 0.3) is 0 Å². The number of quaternary nitrogens is 2. The molecule has 0 aromatic heterocycles. The Kier molecular flexibility index (Phi) is 33.4. The van der Waals surface area contributed by atoms with Crippen LogP contribution in [0.1, 0.15) is 0 Å². The molecule has 0 bridgehead atoms. The molecule has 0 aliphatic heterocycles. The van der Waals surface area contributed by atoms with E-state index >= 15 is 0 Å². The van der Waals surface area contributed by atoms with Crippen LogP contribution in [0.5, 0.6) is 0 Å². The third-order valence-electron chi connectivity index (χ3n) is 0. The van der Waals surface area contributed by atoms with Crippen molar-refractivity contribution in [1.82, 2.24) is 12.3 Å². The maximum absolute atomic E-state index is 8.66. The zero-order valence-electron chi connectivity index (χ0n) is 6.11. The van der Waals surface area contributed by atoms with Gasteiger partial charge in [-0.3, -0.25) is 0 Å². The van der Waals surface area contributed by atoms with Crippen molar-refractivity contribution in [2.75, 3.05) is 0 Å². The maximum atomic E-state index is 8.66. The Hall–Kier alpha value is -0.108. The molecule has 0 saturated heterocycles. The number of hydrogen-bond donors (Lipinski definition) is 3. The van der Waals surface area contributed by atoms with Crippen LogP contribution in [-0.4, -0.2) is 9.98 Å². The van der Waals surface area contributed by atoms with Gasteiger partial charge in [-0.1, -0.05) is 0 Å². The molecule has 9 N–H and O–H groups in total. The van der Waals surface area contributed by atoms with E-state index in [4.69, 9.17) is 34.6 Å². The van der Waals surface area contributed by atoms with Gasteiger partial charge < -0.3 is 46.9 Å². The van der Waals surface area contributed by atoms with E-state index in [9.17, 15) is 0 Å². The molecule has 0 amide bonds. The van der Waals surface area contributed by atoms with E-state index < -0.39 is 12.9 Å². The van der Waals surface area contributed by atoms with Gasteiger partial charge in [-0.2, -0.15) is 0 Å². The summed E-state index contributed by atoms with van der Waals surface area (Å²) in [7, 11) is -5.14. The summed E-state index contributed by atoms with van der Waals surface area (Å²) >= 11 is 0. The third kappa shape index (κ3) is 67500. The van der Waals surface area contributed by atoms with E-state index in [1.165, 1.54) is 0 Å². The van der Waals surface area contributed by atoms with Gasteiger partial charge in [0, 0.05) is 20.4 Å². The fraction of sp³-hybridized carbons (Fsp3) is 0. The summed E-state index contributed by atoms with van der Waals surface area (Å²) in [5.74, 6) is 0. The molecule has 0 atom stereocenters. The van der Waals surface area contributed by atoms with Crippen LogP contribution >= 0.6 is 7.82 Å². The Morgan fingerprint density at radius 3 is 1.17 bits per heavy atom. The van der Waals surface area contributed by atoms with E-state index in [0.29, 0.717) is 0 Å². The first-order valence-electron chi connectivity index (χ1n) is 1.30. The fourth-order valence-corrected chi connectivity index (χ4v) is 0. The summed E-state index contributed by atoms with van der Waals surface area (Å²) in [6, 6.07) is 0. The Morgan fingerprint density at radius 2 is 1.17 bits per heavy atom. The largest absolute Gasteiger partial charge is 0.790 e. The monoisotopic (exact) mass is 300 g/mol. The van der Waals surface area contributed by atoms with Crippen molar-refractivity contribution in [2.24, 2.45) is 0 Å². The van der Waals surface area contributed by atoms with Crippen LogP contribution in [0.15, 0.2) is 0 Å². The second-order valence-corrected chi connectivity index (χ2v) is 1.63. The Labute approximate surface area is 80.8 Å². The van der Waals surface area contributed by atoms with Gasteiger partial charge in [-0.15, -0.1) is 0 Å². The first-order valence-corrected chi connectivity index (χ1v) is 2.79. The molecule has 0 fully saturated rings. The van der Waals surface area contributed by atoms with E-state index in [2.05, 4.69) is 0 Å². The molecule has 0 aliphatic rings. The van der Waals surface area contributed by atoms with Gasteiger partial charge in [0.05, 0.1) is 12.9 Å². The molecule has 0 heterocycles. The van der Waals surface area contributed by atoms with Crippen LogP contribution in [0.2, 0.25) is 0 Å². The fourth-order valence-electron chi connectivity index (χ4n) is 0. The number of phosphoric acid groups is 1. The third-order valence-corrected chi connectivity index (χ3v) is 0. The molecule has 0 radical (unpaired) electrons. The molecule has 0 aromatic rings. The standard InChI is InChI=1S/NO3.2H3N.H3O4P.Pd/c2-1(3)4;;;1-5(2,3)4;/h;2*1H3;(H3,1,2,3,4);/q-1;;;;. The minimum absolute atomic E-state index is 0. The first kappa shape index (κ1) is 29.7. The van der Waals surface area contributed by atoms with Gasteiger partial charge in [-0.05, 0) is 0 Å². The number of nitrogens with zero attached hydrogens (tertiary/aromatic N) is 1. The van der Waals surface area contributed by atoms with Crippen molar-refractivity contribution in [3.05, 3.63) is 15.3 Å². The zero-order chi connectivity index (χ0) is 8.08. The minimum Gasteiger partial charge on any atom is -0.790 e. The van der Waals surface area contributed by atoms with Crippen LogP contribution in [0.3, 0.4) is 0 Å². The summed E-state index contributed by atoms with van der Waals surface area (Å²) in [5, 5.41) is 14.8. The van der Waals surface area contributed by atoms with Crippen LogP contribution in [0.25, 0.3) is 0 Å². The number of hydrogen-bond acceptors (Lipinski definition) is 6. The van der Waals surface area contributed by atoms with E-state index in [0.717, 1.165) is 0 Å². The van der Waals surface area contributed by atoms with E-state index in [-0.39, 0.29) is 32.7 Å². The molecule has 82 valence electrons. The van der Waals surface area contributed by atoms with Crippen molar-refractivity contribution in [1.29, 1.82) is 0 Å². The van der Waals surface area contributed by atoms with Gasteiger partial charge >= 0.3 is 0 Å². The molecule has 0 aliphatic carbocycles. The number of rotatable bonds is 0. The summed E-state index contributed by atoms with van der Waals surface area (Å²) in [4.78, 5) is 32.5. The Bertz CT molecular complexity index is 118. The molecule has 12 heteroatoms. The Balaban J connectivity index is -0.0000000221. The average molecular weight is 300 g/mol. The van der Waals surface area contributed by atoms with Gasteiger partial charge in [-0.25, -0.2) is 0 Å². The predicted octanol–water partition coefficient (Wildman–Crippen LogP) is -1.68. The maximum Gasteiger partial charge on any atom is 0.0689 e. The van der Waals surface area contributed by atoms with Crippen LogP contribution in [0, 0.1) is 15.3 Å². The molecule has 0 rings (SSSR count). The van der Waals surface area contributed by atoms with Crippen LogP contribution in [0.4, 0.5) is 0 Å². The summed E-state index contributed by atoms with van der Waals surface area (Å²) in [5.41, 5.74) is 0. The topological polar surface area (TPSA) is 223 Å². The smallest absolute Gasteiger partial charge is 0.0689 e. The van der Waals surface area contributed by atoms with Crippen molar-refractivity contribution in [3.8, 4) is 0 Å². The van der Waals surface area contributed by atoms with Crippen molar-refractivity contribution in [3.63, 3.8) is 0 Å². The van der Waals surface area contributed by atoms with Crippen molar-refractivity contribution in [2.45, 2.75) is 0 Å². The van der Waals surface area contributed by atoms with Gasteiger partial charge in [0.1, 0.15) is 0 Å². The van der Waals surface area contributed by atoms with Gasteiger partial charge in [0.15, 0.2) is 0 Å². The molecular weight excluding hydrogens is 291 g/mol. The van der Waals surface area contributed by atoms with Crippen LogP contribution in [-0.2, 0) is 25.0 Å². The quantitative estimate of drug-likeness (QED) is 0.203. The molecule has 0 spiro atoms. The van der Waals surface area contributed by atoms with Gasteiger partial charge in [0.2, 0.25) is 0 Å². The van der Waals surface area contributed by atoms with E-state index in [1.54, 1.807) is 0 Å². The average Bonchev–Trinajstić information content (AvgIpc) is 1.19. The molecule has 10 nitrogen and oxygen atoms in total. The SMILES string of the molecule is O=P([O-])([O-])O.O=[N+]([O-])[O-].[NH4+].[NH4+].[Pd]. The molecular formula is H9N3O7PPd-. The second-order valence-electron chi connectivity index (χ2n) is 0.692. The summed E-state index contributed by atoms with van der Waals surface area (Å²) < 4.78 is 8.66. The van der Waals surface area contributed by atoms with Crippen molar-refractivity contribution >= 4 is 7.82 Å². The molecule has 12 heavy (non-hydrogen) atoms. The normalized spacial score (nSPS) is 6.92. The van der Waals surface area contributed by atoms with E-state index in [1.807, 2.05) is 0 Å². The summed E-state index contributed by atoms with van der Waals surface area (Å²) in [6.07, 6.45) is 0. The first-order chi connectivity index (χ1) is 3.73. The van der Waals surface area contributed by atoms with Crippen LogP contribution < -0.4 is 22.1 Å². The second kappa shape index (κ2) is 13.5. The minimum atomic E-state index is -5.14. The predicted molar refractivity (Wildman–Crippen MR) is 32.2 cm³/mol. The molecule has 0 unspecified atom stereocenters. The molecule has 0 saturated carbocycles. The Morgan fingerprint density at radius 1 is 1.17 bits per heavy atom. The molecule has 0 aromatic carbocycles.